The number of hydrogen-bond donors (Lipinski definition) is 0. The van der Waals surface area contributed by atoms with Crippen molar-refractivity contribution in [1.29, 1.82) is 10.5 Å². The molecular weight excluding hydrogens is 156 g/mol. The second-order valence-corrected chi connectivity index (χ2v) is 2.13. The zero-order chi connectivity index (χ0) is 9.23. The van der Waals surface area contributed by atoms with Crippen molar-refractivity contribution in [3.8, 4) is 12.1 Å². The van der Waals surface area contributed by atoms with Crippen molar-refractivity contribution in [1.82, 2.24) is 0 Å². The first-order valence-corrected chi connectivity index (χ1v) is 3.78. The van der Waals surface area contributed by atoms with Crippen molar-refractivity contribution in [3.05, 3.63) is 0 Å². The van der Waals surface area contributed by atoms with Crippen LogP contribution in [0.4, 0.5) is 0 Å². The highest BCUT2D eigenvalue weighted by atomic mass is 16.7. The van der Waals surface area contributed by atoms with E-state index in [1.807, 2.05) is 12.1 Å². The summed E-state index contributed by atoms with van der Waals surface area (Å²) in [6.07, 6.45) is 0.407. The molecule has 12 heavy (non-hydrogen) atoms. The van der Waals surface area contributed by atoms with Gasteiger partial charge in [-0.2, -0.15) is 10.5 Å². The van der Waals surface area contributed by atoms with Crippen LogP contribution < -0.4 is 0 Å². The van der Waals surface area contributed by atoms with E-state index in [1.54, 1.807) is 6.92 Å². The van der Waals surface area contributed by atoms with Crippen LogP contribution in [0, 0.1) is 22.7 Å². The summed E-state index contributed by atoms with van der Waals surface area (Å²) >= 11 is 0. The van der Waals surface area contributed by atoms with Crippen LogP contribution in [0.1, 0.15) is 19.8 Å². The molecule has 0 N–H and O–H groups in total. The number of hydrogen-bond acceptors (Lipinski definition) is 4. The molecule has 0 aliphatic carbocycles. The predicted molar refractivity (Wildman–Crippen MR) is 41.8 cm³/mol. The molecule has 0 fully saturated rings. The van der Waals surface area contributed by atoms with Gasteiger partial charge in [-0.15, -0.1) is 0 Å². The Hall–Kier alpha value is -1.10. The van der Waals surface area contributed by atoms with Crippen LogP contribution in [0.5, 0.6) is 0 Å². The number of nitriles is 2. The molecule has 0 saturated heterocycles. The summed E-state index contributed by atoms with van der Waals surface area (Å²) in [5.41, 5.74) is 0. The van der Waals surface area contributed by atoms with Gasteiger partial charge in [-0.1, -0.05) is 0 Å². The Kier molecular flexibility index (Phi) is 7.27. The highest BCUT2D eigenvalue weighted by Crippen LogP contribution is 1.95. The molecule has 0 aromatic rings. The van der Waals surface area contributed by atoms with Crippen molar-refractivity contribution in [2.45, 2.75) is 26.1 Å². The molecule has 0 radical (unpaired) electrons. The maximum absolute atomic E-state index is 8.18. The van der Waals surface area contributed by atoms with E-state index in [0.29, 0.717) is 26.1 Å². The molecule has 0 amide bonds. The minimum Gasteiger partial charge on any atom is -0.352 e. The molecule has 0 aliphatic rings. The second kappa shape index (κ2) is 8.00. The van der Waals surface area contributed by atoms with E-state index in [0.717, 1.165) is 0 Å². The Morgan fingerprint density at radius 3 is 1.83 bits per heavy atom. The van der Waals surface area contributed by atoms with Gasteiger partial charge in [0.2, 0.25) is 0 Å². The SMILES string of the molecule is CC(OCCC#N)OCCC#N. The zero-order valence-corrected chi connectivity index (χ0v) is 7.12. The summed E-state index contributed by atoms with van der Waals surface area (Å²) in [4.78, 5) is 0. The zero-order valence-electron chi connectivity index (χ0n) is 7.12. The van der Waals surface area contributed by atoms with Gasteiger partial charge in [0.05, 0.1) is 38.2 Å². The first-order chi connectivity index (χ1) is 5.81. The van der Waals surface area contributed by atoms with E-state index >= 15 is 0 Å². The number of ether oxygens (including phenoxy) is 2. The lowest BCUT2D eigenvalue weighted by atomic mass is 10.5. The first-order valence-electron chi connectivity index (χ1n) is 3.78. The highest BCUT2D eigenvalue weighted by Gasteiger charge is 1.99. The number of rotatable bonds is 6. The van der Waals surface area contributed by atoms with Gasteiger partial charge in [0.15, 0.2) is 6.29 Å². The Bertz CT molecular complexity index is 160. The largest absolute Gasteiger partial charge is 0.352 e. The van der Waals surface area contributed by atoms with Gasteiger partial charge in [0, 0.05) is 0 Å². The molecule has 0 bridgehead atoms. The van der Waals surface area contributed by atoms with Gasteiger partial charge in [-0.25, -0.2) is 0 Å². The molecule has 66 valence electrons. The Balaban J connectivity index is 3.18. The van der Waals surface area contributed by atoms with Crippen LogP contribution in [0.15, 0.2) is 0 Å². The van der Waals surface area contributed by atoms with Crippen LogP contribution in [0.2, 0.25) is 0 Å². The smallest absolute Gasteiger partial charge is 0.154 e. The Morgan fingerprint density at radius 1 is 1.08 bits per heavy atom. The monoisotopic (exact) mass is 168 g/mol. The molecule has 0 atom stereocenters. The third-order valence-corrected chi connectivity index (χ3v) is 1.13. The molecule has 0 heterocycles. The van der Waals surface area contributed by atoms with Crippen molar-refractivity contribution in [2.75, 3.05) is 13.2 Å². The Morgan fingerprint density at radius 2 is 1.50 bits per heavy atom. The summed E-state index contributed by atoms with van der Waals surface area (Å²) in [5.74, 6) is 0. The average Bonchev–Trinajstić information content (AvgIpc) is 2.06. The highest BCUT2D eigenvalue weighted by molar-refractivity contribution is 4.68. The third-order valence-electron chi connectivity index (χ3n) is 1.13. The first kappa shape index (κ1) is 10.9. The van der Waals surface area contributed by atoms with E-state index in [2.05, 4.69) is 0 Å². The Labute approximate surface area is 72.3 Å². The standard InChI is InChI=1S/C8H12N2O2/c1-8(11-6-2-4-9)12-7-3-5-10/h8H,2-3,6-7H2,1H3. The minimum atomic E-state index is -0.327. The molecule has 4 heteroatoms. The molecule has 0 spiro atoms. The van der Waals surface area contributed by atoms with Gasteiger partial charge in [-0.3, -0.25) is 0 Å². The lowest BCUT2D eigenvalue weighted by molar-refractivity contribution is -0.127. The van der Waals surface area contributed by atoms with E-state index in [4.69, 9.17) is 20.0 Å². The molecule has 0 aromatic heterocycles. The fourth-order valence-electron chi connectivity index (χ4n) is 0.589. The normalized spacial score (nSPS) is 9.33. The summed E-state index contributed by atoms with van der Waals surface area (Å²) in [6, 6.07) is 3.91. The van der Waals surface area contributed by atoms with Crippen molar-refractivity contribution in [3.63, 3.8) is 0 Å². The summed E-state index contributed by atoms with van der Waals surface area (Å²) in [6.45, 7) is 2.50. The fourth-order valence-corrected chi connectivity index (χ4v) is 0.589. The molecule has 0 unspecified atom stereocenters. The van der Waals surface area contributed by atoms with Gasteiger partial charge >= 0.3 is 0 Å². The van der Waals surface area contributed by atoms with E-state index < -0.39 is 0 Å². The topological polar surface area (TPSA) is 66.0 Å². The fraction of sp³-hybridized carbons (Fsp3) is 0.750. The van der Waals surface area contributed by atoms with Crippen LogP contribution in [0.25, 0.3) is 0 Å². The molecule has 0 saturated carbocycles. The van der Waals surface area contributed by atoms with Crippen LogP contribution >= 0.6 is 0 Å². The molecular formula is C8H12N2O2. The van der Waals surface area contributed by atoms with Crippen molar-refractivity contribution >= 4 is 0 Å². The predicted octanol–water partition coefficient (Wildman–Crippen LogP) is 1.19. The van der Waals surface area contributed by atoms with Crippen molar-refractivity contribution < 1.29 is 9.47 Å². The van der Waals surface area contributed by atoms with Gasteiger partial charge in [-0.05, 0) is 6.92 Å². The molecule has 0 aromatic carbocycles. The number of nitrogens with zero attached hydrogens (tertiary/aromatic N) is 2. The molecule has 0 rings (SSSR count). The van der Waals surface area contributed by atoms with Crippen LogP contribution in [-0.2, 0) is 9.47 Å². The summed E-state index contributed by atoms with van der Waals surface area (Å²) in [5, 5.41) is 16.4. The maximum Gasteiger partial charge on any atom is 0.154 e. The second-order valence-electron chi connectivity index (χ2n) is 2.13. The van der Waals surface area contributed by atoms with E-state index in [-0.39, 0.29) is 6.29 Å². The maximum atomic E-state index is 8.18. The van der Waals surface area contributed by atoms with E-state index in [1.165, 1.54) is 0 Å². The third kappa shape index (κ3) is 7.01. The van der Waals surface area contributed by atoms with Gasteiger partial charge < -0.3 is 9.47 Å². The molecule has 4 nitrogen and oxygen atoms in total. The average molecular weight is 168 g/mol. The van der Waals surface area contributed by atoms with Crippen LogP contribution in [0.3, 0.4) is 0 Å². The summed E-state index contributed by atoms with van der Waals surface area (Å²) < 4.78 is 10.1. The van der Waals surface area contributed by atoms with Crippen molar-refractivity contribution in [2.24, 2.45) is 0 Å². The van der Waals surface area contributed by atoms with Gasteiger partial charge in [0.25, 0.3) is 0 Å². The minimum absolute atomic E-state index is 0.327. The lowest BCUT2D eigenvalue weighted by Crippen LogP contribution is -2.14. The quantitative estimate of drug-likeness (QED) is 0.441. The summed E-state index contributed by atoms with van der Waals surface area (Å²) in [7, 11) is 0. The van der Waals surface area contributed by atoms with Crippen LogP contribution in [-0.4, -0.2) is 19.5 Å². The van der Waals surface area contributed by atoms with E-state index in [9.17, 15) is 0 Å². The molecule has 0 aliphatic heterocycles. The van der Waals surface area contributed by atoms with Gasteiger partial charge in [0.1, 0.15) is 0 Å². The lowest BCUT2D eigenvalue weighted by Gasteiger charge is -2.11.